The Kier molecular flexibility index (Phi) is 3.09. The number of aliphatic imine (C=N–C) groups is 1. The van der Waals surface area contributed by atoms with Crippen LogP contribution in [-0.4, -0.2) is 12.8 Å². The predicted octanol–water partition coefficient (Wildman–Crippen LogP) is 2.74. The fraction of sp³-hybridized carbons (Fsp3) is 0.500. The maximum Gasteiger partial charge on any atom is 0.0376 e. The maximum absolute atomic E-state index is 4.25. The molecule has 0 atom stereocenters. The maximum atomic E-state index is 4.25. The lowest BCUT2D eigenvalue weighted by Crippen LogP contribution is -2.08. The van der Waals surface area contributed by atoms with Crippen molar-refractivity contribution in [1.29, 1.82) is 0 Å². The fourth-order valence-corrected chi connectivity index (χ4v) is 1.49. The summed E-state index contributed by atoms with van der Waals surface area (Å²) in [6, 6.07) is 0. The van der Waals surface area contributed by atoms with Gasteiger partial charge in [0.05, 0.1) is 0 Å². The van der Waals surface area contributed by atoms with Crippen LogP contribution in [-0.2, 0) is 0 Å². The van der Waals surface area contributed by atoms with Gasteiger partial charge in [-0.3, -0.25) is 4.99 Å². The molecule has 0 bridgehead atoms. The minimum absolute atomic E-state index is 1.15. The second-order valence-corrected chi connectivity index (χ2v) is 2.81. The van der Waals surface area contributed by atoms with Gasteiger partial charge >= 0.3 is 0 Å². The number of nitrogens with zero attached hydrogens (tertiary/aromatic N) is 1. The zero-order chi connectivity index (χ0) is 8.10. The molecular weight excluding hydrogens is 134 g/mol. The van der Waals surface area contributed by atoms with Crippen molar-refractivity contribution in [2.24, 2.45) is 4.99 Å². The third-order valence-corrected chi connectivity index (χ3v) is 2.07. The molecule has 11 heavy (non-hydrogen) atoms. The Morgan fingerprint density at radius 1 is 1.36 bits per heavy atom. The minimum Gasteiger partial charge on any atom is -0.293 e. The van der Waals surface area contributed by atoms with E-state index < -0.39 is 0 Å². The Hall–Kier alpha value is -0.850. The van der Waals surface area contributed by atoms with E-state index in [1.807, 2.05) is 13.1 Å². The summed E-state index contributed by atoms with van der Waals surface area (Å²) in [6.45, 7) is 3.69. The van der Waals surface area contributed by atoms with Gasteiger partial charge in [0, 0.05) is 12.8 Å². The summed E-state index contributed by atoms with van der Waals surface area (Å²) in [7, 11) is 1.87. The van der Waals surface area contributed by atoms with E-state index in [-0.39, 0.29) is 0 Å². The molecule has 0 aromatic heterocycles. The van der Waals surface area contributed by atoms with Crippen LogP contribution in [0.3, 0.4) is 0 Å². The second kappa shape index (κ2) is 4.12. The van der Waals surface area contributed by atoms with Crippen LogP contribution in [0, 0.1) is 0 Å². The van der Waals surface area contributed by atoms with Crippen LogP contribution in [0.25, 0.3) is 0 Å². The van der Waals surface area contributed by atoms with E-state index in [0.29, 0.717) is 0 Å². The first-order valence-corrected chi connectivity index (χ1v) is 4.16. The van der Waals surface area contributed by atoms with E-state index in [1.165, 1.54) is 30.5 Å². The topological polar surface area (TPSA) is 12.4 Å². The molecule has 1 saturated carbocycles. The fourth-order valence-electron chi connectivity index (χ4n) is 1.49. The molecule has 0 unspecified atom stereocenters. The van der Waals surface area contributed by atoms with Gasteiger partial charge in [-0.1, -0.05) is 18.7 Å². The summed E-state index contributed by atoms with van der Waals surface area (Å²) in [6.07, 6.45) is 8.86. The first kappa shape index (κ1) is 8.25. The Labute approximate surface area is 68.5 Å². The van der Waals surface area contributed by atoms with Crippen molar-refractivity contribution in [3.8, 4) is 0 Å². The van der Waals surface area contributed by atoms with Crippen LogP contribution < -0.4 is 0 Å². The SMILES string of the molecule is C=C/C=C1/CCCCC1=NC. The van der Waals surface area contributed by atoms with Gasteiger partial charge in [-0.05, 0) is 31.3 Å². The van der Waals surface area contributed by atoms with Crippen molar-refractivity contribution >= 4 is 5.71 Å². The van der Waals surface area contributed by atoms with E-state index in [9.17, 15) is 0 Å². The molecule has 1 rings (SSSR count). The molecule has 0 aromatic rings. The van der Waals surface area contributed by atoms with Crippen LogP contribution in [0.4, 0.5) is 0 Å². The summed E-state index contributed by atoms with van der Waals surface area (Å²) >= 11 is 0. The van der Waals surface area contributed by atoms with Crippen LogP contribution >= 0.6 is 0 Å². The van der Waals surface area contributed by atoms with E-state index in [4.69, 9.17) is 0 Å². The van der Waals surface area contributed by atoms with E-state index >= 15 is 0 Å². The van der Waals surface area contributed by atoms with Crippen molar-refractivity contribution in [3.05, 3.63) is 24.3 Å². The highest BCUT2D eigenvalue weighted by atomic mass is 14.7. The molecule has 0 N–H and O–H groups in total. The number of rotatable bonds is 1. The second-order valence-electron chi connectivity index (χ2n) is 2.81. The van der Waals surface area contributed by atoms with Gasteiger partial charge in [-0.15, -0.1) is 0 Å². The minimum atomic E-state index is 1.15. The largest absolute Gasteiger partial charge is 0.293 e. The lowest BCUT2D eigenvalue weighted by atomic mass is 9.92. The Morgan fingerprint density at radius 3 is 2.73 bits per heavy atom. The first-order chi connectivity index (χ1) is 5.38. The van der Waals surface area contributed by atoms with Gasteiger partial charge in [0.2, 0.25) is 0 Å². The molecule has 1 fully saturated rings. The van der Waals surface area contributed by atoms with E-state index in [0.717, 1.165) is 6.42 Å². The molecule has 1 nitrogen and oxygen atoms in total. The van der Waals surface area contributed by atoms with Gasteiger partial charge in [0.1, 0.15) is 0 Å². The number of hydrogen-bond donors (Lipinski definition) is 0. The van der Waals surface area contributed by atoms with Crippen LogP contribution in [0.15, 0.2) is 29.3 Å². The van der Waals surface area contributed by atoms with Crippen molar-refractivity contribution in [3.63, 3.8) is 0 Å². The van der Waals surface area contributed by atoms with Crippen molar-refractivity contribution < 1.29 is 0 Å². The van der Waals surface area contributed by atoms with Gasteiger partial charge in [-0.2, -0.15) is 0 Å². The molecule has 60 valence electrons. The van der Waals surface area contributed by atoms with Gasteiger partial charge in [0.15, 0.2) is 0 Å². The van der Waals surface area contributed by atoms with Gasteiger partial charge < -0.3 is 0 Å². The third-order valence-electron chi connectivity index (χ3n) is 2.07. The quantitative estimate of drug-likeness (QED) is 0.543. The lowest BCUT2D eigenvalue weighted by Gasteiger charge is -2.15. The zero-order valence-electron chi connectivity index (χ0n) is 7.14. The summed E-state index contributed by atoms with van der Waals surface area (Å²) in [5.74, 6) is 0. The third kappa shape index (κ3) is 2.04. The molecule has 0 amide bonds. The zero-order valence-corrected chi connectivity index (χ0v) is 7.14. The molecule has 1 aliphatic rings. The van der Waals surface area contributed by atoms with Crippen LogP contribution in [0.2, 0.25) is 0 Å². The highest BCUT2D eigenvalue weighted by Gasteiger charge is 2.10. The summed E-state index contributed by atoms with van der Waals surface area (Å²) in [5, 5.41) is 0. The van der Waals surface area contributed by atoms with Crippen LogP contribution in [0.1, 0.15) is 25.7 Å². The molecule has 0 aromatic carbocycles. The number of hydrogen-bond acceptors (Lipinski definition) is 1. The molecule has 0 saturated heterocycles. The Balaban J connectivity index is 2.74. The monoisotopic (exact) mass is 149 g/mol. The molecule has 0 aliphatic heterocycles. The highest BCUT2D eigenvalue weighted by Crippen LogP contribution is 2.20. The number of allylic oxidation sites excluding steroid dienone is 3. The normalized spacial score (nSPS) is 25.9. The smallest absolute Gasteiger partial charge is 0.0376 e. The van der Waals surface area contributed by atoms with E-state index in [2.05, 4.69) is 17.6 Å². The summed E-state index contributed by atoms with van der Waals surface area (Å²) in [4.78, 5) is 4.25. The van der Waals surface area contributed by atoms with Crippen molar-refractivity contribution in [2.45, 2.75) is 25.7 Å². The molecule has 0 heterocycles. The van der Waals surface area contributed by atoms with Crippen LogP contribution in [0.5, 0.6) is 0 Å². The summed E-state index contributed by atoms with van der Waals surface area (Å²) < 4.78 is 0. The van der Waals surface area contributed by atoms with Gasteiger partial charge in [-0.25, -0.2) is 0 Å². The first-order valence-electron chi connectivity index (χ1n) is 4.16. The average molecular weight is 149 g/mol. The van der Waals surface area contributed by atoms with Crippen molar-refractivity contribution in [1.82, 2.24) is 0 Å². The highest BCUT2D eigenvalue weighted by molar-refractivity contribution is 6.00. The molecular formula is C10H15N. The standard InChI is InChI=1S/C10H15N/c1-3-6-9-7-4-5-8-10(9)11-2/h3,6H,1,4-5,7-8H2,2H3/b9-6-,11-10?. The Bertz CT molecular complexity index is 199. The average Bonchev–Trinajstić information content (AvgIpc) is 2.06. The van der Waals surface area contributed by atoms with Crippen molar-refractivity contribution in [2.75, 3.05) is 7.05 Å². The molecule has 0 radical (unpaired) electrons. The molecule has 1 aliphatic carbocycles. The molecule has 1 heteroatoms. The summed E-state index contributed by atoms with van der Waals surface area (Å²) in [5.41, 5.74) is 2.66. The van der Waals surface area contributed by atoms with Gasteiger partial charge in [0.25, 0.3) is 0 Å². The Morgan fingerprint density at radius 2 is 2.09 bits per heavy atom. The van der Waals surface area contributed by atoms with E-state index in [1.54, 1.807) is 0 Å². The predicted molar refractivity (Wildman–Crippen MR) is 50.1 cm³/mol. The lowest BCUT2D eigenvalue weighted by molar-refractivity contribution is 0.732. The molecule has 0 spiro atoms.